The predicted molar refractivity (Wildman–Crippen MR) is 125 cm³/mol. The summed E-state index contributed by atoms with van der Waals surface area (Å²) in [6.45, 7) is 0. The van der Waals surface area contributed by atoms with E-state index in [1.54, 1.807) is 31.4 Å². The van der Waals surface area contributed by atoms with Crippen LogP contribution >= 0.6 is 12.6 Å². The number of nitrogens with zero attached hydrogens (tertiary/aromatic N) is 1. The van der Waals surface area contributed by atoms with Crippen LogP contribution in [0.3, 0.4) is 0 Å². The molecule has 1 fully saturated rings. The average Bonchev–Trinajstić information content (AvgIpc) is 3.14. The van der Waals surface area contributed by atoms with Crippen LogP contribution in [-0.2, 0) is 4.74 Å². The van der Waals surface area contributed by atoms with Crippen molar-refractivity contribution in [3.8, 4) is 11.5 Å². The van der Waals surface area contributed by atoms with Crippen LogP contribution in [0.5, 0.6) is 11.5 Å². The third-order valence-corrected chi connectivity index (χ3v) is 6.15. The topological polar surface area (TPSA) is 62.2 Å². The van der Waals surface area contributed by atoms with Crippen molar-refractivity contribution >= 4 is 18.3 Å². The first-order chi connectivity index (χ1) is 15.5. The first-order valence-corrected chi connectivity index (χ1v) is 11.0. The second-order valence-corrected chi connectivity index (χ2v) is 8.20. The summed E-state index contributed by atoms with van der Waals surface area (Å²) in [5.41, 5.74) is 1.72. The lowest BCUT2D eigenvalue weighted by Crippen LogP contribution is -2.30. The third kappa shape index (κ3) is 4.70. The predicted octanol–water partition coefficient (Wildman–Crippen LogP) is 5.21. The number of para-hydroxylation sites is 1. The van der Waals surface area contributed by atoms with Crippen molar-refractivity contribution in [3.63, 3.8) is 0 Å². The van der Waals surface area contributed by atoms with Crippen molar-refractivity contribution < 1.29 is 24.1 Å². The van der Waals surface area contributed by atoms with E-state index < -0.39 is 11.7 Å². The van der Waals surface area contributed by atoms with Crippen molar-refractivity contribution in [1.82, 2.24) is 0 Å². The summed E-state index contributed by atoms with van der Waals surface area (Å²) in [5, 5.41) is 21.4. The lowest BCUT2D eigenvalue weighted by molar-refractivity contribution is 0.0628. The lowest BCUT2D eigenvalue weighted by Gasteiger charge is -2.30. The molecule has 3 aromatic carbocycles. The molecule has 7 heteroatoms. The van der Waals surface area contributed by atoms with Crippen LogP contribution in [0.25, 0.3) is 0 Å². The molecule has 1 heterocycles. The maximum absolute atomic E-state index is 13.2. The highest BCUT2D eigenvalue weighted by atomic mass is 32.1. The molecule has 0 bridgehead atoms. The molecule has 0 amide bonds. The number of thiol groups is 1. The summed E-state index contributed by atoms with van der Waals surface area (Å²) < 4.78 is 24.6. The van der Waals surface area contributed by atoms with Crippen molar-refractivity contribution in [1.29, 1.82) is 0 Å². The van der Waals surface area contributed by atoms with Crippen LogP contribution in [0.4, 0.5) is 10.1 Å². The van der Waals surface area contributed by atoms with E-state index in [0.717, 1.165) is 5.69 Å². The Morgan fingerprint density at radius 2 is 1.81 bits per heavy atom. The molecule has 0 radical (unpaired) electrons. The smallest absolute Gasteiger partial charge is 0.176 e. The Kier molecular flexibility index (Phi) is 6.89. The normalized spacial score (nSPS) is 21.5. The van der Waals surface area contributed by atoms with Crippen molar-refractivity contribution in [2.75, 3.05) is 12.0 Å². The van der Waals surface area contributed by atoms with E-state index in [9.17, 15) is 14.6 Å². The van der Waals surface area contributed by atoms with Gasteiger partial charge in [-0.1, -0.05) is 30.3 Å². The Balaban J connectivity index is 1.62. The molecule has 0 aromatic heterocycles. The summed E-state index contributed by atoms with van der Waals surface area (Å²) >= 11 is 4.66. The Labute approximate surface area is 192 Å². The van der Waals surface area contributed by atoms with Crippen LogP contribution in [-0.4, -0.2) is 29.0 Å². The summed E-state index contributed by atoms with van der Waals surface area (Å²) in [6.07, 6.45) is -0.178. The van der Waals surface area contributed by atoms with Crippen LogP contribution in [0.15, 0.2) is 72.8 Å². The second kappa shape index (κ2) is 9.81. The number of anilines is 1. The summed E-state index contributed by atoms with van der Waals surface area (Å²) in [4.78, 5) is 2.01. The highest BCUT2D eigenvalue weighted by Gasteiger charge is 2.42. The largest absolute Gasteiger partial charge is 0.507 e. The van der Waals surface area contributed by atoms with Gasteiger partial charge in [0.15, 0.2) is 5.56 Å². The Hall–Kier alpha value is -2.74. The van der Waals surface area contributed by atoms with Crippen LogP contribution in [0.1, 0.15) is 36.1 Å². The van der Waals surface area contributed by atoms with Gasteiger partial charge < -0.3 is 24.6 Å². The van der Waals surface area contributed by atoms with Gasteiger partial charge in [0.05, 0.1) is 25.4 Å². The minimum Gasteiger partial charge on any atom is -0.507 e. The summed E-state index contributed by atoms with van der Waals surface area (Å²) in [5.74, 6) is 0.319. The average molecular weight is 456 g/mol. The Morgan fingerprint density at radius 1 is 1.09 bits per heavy atom. The van der Waals surface area contributed by atoms with Crippen LogP contribution < -0.4 is 9.64 Å². The minimum absolute atomic E-state index is 0.102. The van der Waals surface area contributed by atoms with Gasteiger partial charge in [0.25, 0.3) is 0 Å². The molecule has 4 rings (SSSR count). The van der Waals surface area contributed by atoms with E-state index in [0.29, 0.717) is 29.7 Å². The number of hydrogen-bond acceptors (Lipinski definition) is 6. The van der Waals surface area contributed by atoms with Crippen LogP contribution in [0.2, 0.25) is 0 Å². The first-order valence-electron chi connectivity index (χ1n) is 10.5. The van der Waals surface area contributed by atoms with E-state index in [-0.39, 0.29) is 23.7 Å². The lowest BCUT2D eigenvalue weighted by atomic mass is 9.94. The molecule has 0 aliphatic carbocycles. The molecule has 0 saturated carbocycles. The molecule has 4 atom stereocenters. The standard InChI is InChI=1S/C25H26FNO4S/c1-30-19-11-12-20(22(29)15-19)24-23(14-13-21(28)16-7-9-17(26)10-8-16)31-25(32)27(24)18-5-3-2-4-6-18/h2-12,15,21,23-25,28-29,32H,13-14H2,1H3. The minimum atomic E-state index is -0.756. The Bertz CT molecular complexity index is 1030. The zero-order valence-electron chi connectivity index (χ0n) is 17.6. The highest BCUT2D eigenvalue weighted by molar-refractivity contribution is 7.80. The van der Waals surface area contributed by atoms with Gasteiger partial charge in [-0.3, -0.25) is 0 Å². The van der Waals surface area contributed by atoms with Crippen molar-refractivity contribution in [2.24, 2.45) is 0 Å². The molecular weight excluding hydrogens is 429 g/mol. The van der Waals surface area contributed by atoms with E-state index >= 15 is 0 Å². The zero-order chi connectivity index (χ0) is 22.7. The van der Waals surface area contributed by atoms with E-state index in [1.807, 2.05) is 41.3 Å². The number of rotatable bonds is 7. The molecule has 4 unspecified atom stereocenters. The van der Waals surface area contributed by atoms with Gasteiger partial charge >= 0.3 is 0 Å². The molecule has 1 aliphatic rings. The maximum atomic E-state index is 13.2. The monoisotopic (exact) mass is 455 g/mol. The van der Waals surface area contributed by atoms with Crippen molar-refractivity contribution in [3.05, 3.63) is 89.7 Å². The number of phenolic OH excluding ortho intramolecular Hbond substituents is 1. The van der Waals surface area contributed by atoms with Crippen LogP contribution in [0, 0.1) is 5.82 Å². The van der Waals surface area contributed by atoms with Gasteiger partial charge in [0.1, 0.15) is 17.3 Å². The third-order valence-electron chi connectivity index (χ3n) is 5.78. The van der Waals surface area contributed by atoms with Gasteiger partial charge in [0, 0.05) is 17.3 Å². The van der Waals surface area contributed by atoms with E-state index in [4.69, 9.17) is 9.47 Å². The quantitative estimate of drug-likeness (QED) is 0.427. The number of halogens is 1. The van der Waals surface area contributed by atoms with E-state index in [1.165, 1.54) is 12.1 Å². The highest BCUT2D eigenvalue weighted by Crippen LogP contribution is 2.45. The zero-order valence-corrected chi connectivity index (χ0v) is 18.5. The molecule has 3 aromatic rings. The Morgan fingerprint density at radius 3 is 2.47 bits per heavy atom. The number of aromatic hydroxyl groups is 1. The van der Waals surface area contributed by atoms with Gasteiger partial charge in [-0.25, -0.2) is 4.39 Å². The van der Waals surface area contributed by atoms with Gasteiger partial charge in [-0.15, -0.1) is 12.6 Å². The molecule has 1 saturated heterocycles. The fraction of sp³-hybridized carbons (Fsp3) is 0.280. The number of methoxy groups -OCH3 is 1. The second-order valence-electron chi connectivity index (χ2n) is 7.76. The van der Waals surface area contributed by atoms with Gasteiger partial charge in [-0.2, -0.15) is 0 Å². The maximum Gasteiger partial charge on any atom is 0.176 e. The first kappa shape index (κ1) is 22.5. The number of ether oxygens (including phenoxy) is 2. The molecule has 168 valence electrons. The molecule has 1 aliphatic heterocycles. The van der Waals surface area contributed by atoms with Crippen molar-refractivity contribution in [2.45, 2.75) is 36.7 Å². The number of hydrogen-bond donors (Lipinski definition) is 3. The molecule has 32 heavy (non-hydrogen) atoms. The van der Waals surface area contributed by atoms with Gasteiger partial charge in [0.2, 0.25) is 0 Å². The SMILES string of the molecule is COc1ccc(C2C(CCC(O)c3ccc(F)cc3)OC(S)N2c2ccccc2)c(O)c1. The molecule has 5 nitrogen and oxygen atoms in total. The molecule has 0 spiro atoms. The fourth-order valence-corrected chi connectivity index (χ4v) is 4.58. The fourth-order valence-electron chi connectivity index (χ4n) is 4.15. The number of aliphatic hydroxyl groups excluding tert-OH is 1. The summed E-state index contributed by atoms with van der Waals surface area (Å²) in [6, 6.07) is 20.5. The number of benzene rings is 3. The number of aliphatic hydroxyl groups is 1. The van der Waals surface area contributed by atoms with E-state index in [2.05, 4.69) is 12.6 Å². The summed E-state index contributed by atoms with van der Waals surface area (Å²) in [7, 11) is 1.55. The number of phenols is 1. The molecular formula is C25H26FNO4S. The molecule has 2 N–H and O–H groups in total. The van der Waals surface area contributed by atoms with Gasteiger partial charge in [-0.05, 0) is 54.8 Å².